The van der Waals surface area contributed by atoms with Gasteiger partial charge in [-0.15, -0.1) is 12.4 Å². The Balaban J connectivity index is 0.00000264. The van der Waals surface area contributed by atoms with Crippen molar-refractivity contribution < 1.29 is 4.79 Å². The number of carbonyl (C=O) groups excluding carboxylic acids is 1. The minimum Gasteiger partial charge on any atom is -0.325 e. The molecule has 0 bridgehead atoms. The molecule has 6 heteroatoms. The molecule has 1 heterocycles. The summed E-state index contributed by atoms with van der Waals surface area (Å²) in [6.07, 6.45) is 3.65. The lowest BCUT2D eigenvalue weighted by molar-refractivity contribution is -0.117. The van der Waals surface area contributed by atoms with E-state index in [0.717, 1.165) is 41.3 Å². The summed E-state index contributed by atoms with van der Waals surface area (Å²) in [4.78, 5) is 14.5. The zero-order chi connectivity index (χ0) is 15.9. The van der Waals surface area contributed by atoms with Crippen molar-refractivity contribution in [1.82, 2.24) is 10.2 Å². The molecule has 0 aromatic heterocycles. The molecule has 1 amide bonds. The van der Waals surface area contributed by atoms with Crippen LogP contribution >= 0.6 is 28.3 Å². The van der Waals surface area contributed by atoms with Crippen molar-refractivity contribution in [2.24, 2.45) is 5.92 Å². The van der Waals surface area contributed by atoms with Gasteiger partial charge in [-0.05, 0) is 82.5 Å². The monoisotopic (exact) mass is 403 g/mol. The van der Waals surface area contributed by atoms with E-state index in [4.69, 9.17) is 0 Å². The molecule has 0 saturated carbocycles. The maximum Gasteiger partial charge on any atom is 0.238 e. The number of nitrogens with zero attached hydrogens (tertiary/aromatic N) is 1. The van der Waals surface area contributed by atoms with Crippen LogP contribution in [0, 0.1) is 12.8 Å². The molecule has 1 saturated heterocycles. The molecule has 1 aliphatic heterocycles. The van der Waals surface area contributed by atoms with Crippen LogP contribution in [-0.2, 0) is 4.79 Å². The Morgan fingerprint density at radius 1 is 1.35 bits per heavy atom. The molecule has 0 aliphatic carbocycles. The molecule has 0 atom stereocenters. The van der Waals surface area contributed by atoms with Gasteiger partial charge in [0.2, 0.25) is 5.91 Å². The first kappa shape index (κ1) is 20.4. The number of likely N-dealkylation sites (tertiary alicyclic amines) is 1. The fraction of sp³-hybridized carbons (Fsp3) is 0.588. The summed E-state index contributed by atoms with van der Waals surface area (Å²) in [5.74, 6) is 0.888. The summed E-state index contributed by atoms with van der Waals surface area (Å²) < 4.78 is 1.03. The second-order valence-corrected chi connectivity index (χ2v) is 7.03. The first-order valence-corrected chi connectivity index (χ1v) is 8.80. The number of carbonyl (C=O) groups is 1. The van der Waals surface area contributed by atoms with Crippen LogP contribution in [0.4, 0.5) is 5.69 Å². The van der Waals surface area contributed by atoms with Crippen molar-refractivity contribution in [2.75, 3.05) is 38.5 Å². The zero-order valence-electron chi connectivity index (χ0n) is 13.9. The maximum absolute atomic E-state index is 12.2. The van der Waals surface area contributed by atoms with E-state index in [-0.39, 0.29) is 18.3 Å². The van der Waals surface area contributed by atoms with E-state index in [1.165, 1.54) is 19.3 Å². The molecule has 2 rings (SSSR count). The molecule has 1 aliphatic rings. The van der Waals surface area contributed by atoms with Gasteiger partial charge in [-0.3, -0.25) is 9.69 Å². The van der Waals surface area contributed by atoms with Crippen LogP contribution in [0.25, 0.3) is 0 Å². The number of rotatable bonds is 6. The lowest BCUT2D eigenvalue weighted by Gasteiger charge is -2.31. The second-order valence-electron chi connectivity index (χ2n) is 6.12. The third-order valence-corrected chi connectivity index (χ3v) is 4.83. The second kappa shape index (κ2) is 10.3. The summed E-state index contributed by atoms with van der Waals surface area (Å²) in [5.41, 5.74) is 1.98. The smallest absolute Gasteiger partial charge is 0.238 e. The van der Waals surface area contributed by atoms with Gasteiger partial charge in [-0.25, -0.2) is 0 Å². The molecular formula is C17H27BrClN3O. The Bertz CT molecular complexity index is 505. The van der Waals surface area contributed by atoms with Crippen LogP contribution in [0.3, 0.4) is 0 Å². The average molecular weight is 405 g/mol. The number of halogens is 2. The fourth-order valence-corrected chi connectivity index (χ4v) is 3.42. The first-order chi connectivity index (χ1) is 10.6. The van der Waals surface area contributed by atoms with Crippen LogP contribution in [-0.4, -0.2) is 44.0 Å². The van der Waals surface area contributed by atoms with Crippen molar-refractivity contribution in [3.8, 4) is 0 Å². The number of benzene rings is 1. The molecule has 4 nitrogen and oxygen atoms in total. The third-order valence-electron chi connectivity index (χ3n) is 4.34. The molecule has 0 spiro atoms. The number of piperidine rings is 1. The lowest BCUT2D eigenvalue weighted by Crippen LogP contribution is -2.39. The number of nitrogens with one attached hydrogen (secondary N) is 2. The van der Waals surface area contributed by atoms with Gasteiger partial charge in [0.1, 0.15) is 0 Å². The van der Waals surface area contributed by atoms with E-state index in [1.807, 2.05) is 32.2 Å². The molecule has 0 unspecified atom stereocenters. The van der Waals surface area contributed by atoms with E-state index < -0.39 is 0 Å². The maximum atomic E-state index is 12.2. The van der Waals surface area contributed by atoms with Gasteiger partial charge in [0.15, 0.2) is 0 Å². The van der Waals surface area contributed by atoms with E-state index in [9.17, 15) is 4.79 Å². The summed E-state index contributed by atoms with van der Waals surface area (Å²) in [6.45, 7) is 5.65. The lowest BCUT2D eigenvalue weighted by atomic mass is 9.93. The largest absolute Gasteiger partial charge is 0.325 e. The Morgan fingerprint density at radius 3 is 2.65 bits per heavy atom. The third kappa shape index (κ3) is 6.79. The van der Waals surface area contributed by atoms with Gasteiger partial charge in [0.05, 0.1) is 6.54 Å². The molecular weight excluding hydrogens is 378 g/mol. The van der Waals surface area contributed by atoms with E-state index in [0.29, 0.717) is 6.54 Å². The van der Waals surface area contributed by atoms with Crippen LogP contribution in [0.2, 0.25) is 0 Å². The highest BCUT2D eigenvalue weighted by Crippen LogP contribution is 2.21. The number of anilines is 1. The standard InChI is InChI=1S/C17H26BrN3O.ClH/c1-13-11-15(18)3-4-16(13)20-17(22)12-21-9-6-14(7-10-21)5-8-19-2;/h3-4,11,14,19H,5-10,12H2,1-2H3,(H,20,22);1H. The van der Waals surface area contributed by atoms with Crippen LogP contribution in [0.5, 0.6) is 0 Å². The SMILES string of the molecule is CNCCC1CCN(CC(=O)Nc2ccc(Br)cc2C)CC1.Cl. The summed E-state index contributed by atoms with van der Waals surface area (Å²) in [6, 6.07) is 5.92. The molecule has 2 N–H and O–H groups in total. The van der Waals surface area contributed by atoms with Crippen molar-refractivity contribution >= 4 is 39.9 Å². The van der Waals surface area contributed by atoms with Gasteiger partial charge in [-0.1, -0.05) is 15.9 Å². The van der Waals surface area contributed by atoms with Crippen molar-refractivity contribution in [3.63, 3.8) is 0 Å². The first-order valence-electron chi connectivity index (χ1n) is 8.01. The Kier molecular flexibility index (Phi) is 9.14. The highest BCUT2D eigenvalue weighted by Gasteiger charge is 2.20. The van der Waals surface area contributed by atoms with Crippen molar-refractivity contribution in [3.05, 3.63) is 28.2 Å². The summed E-state index contributed by atoms with van der Waals surface area (Å²) >= 11 is 3.44. The fourth-order valence-electron chi connectivity index (χ4n) is 2.94. The van der Waals surface area contributed by atoms with Crippen molar-refractivity contribution in [2.45, 2.75) is 26.2 Å². The van der Waals surface area contributed by atoms with Crippen molar-refractivity contribution in [1.29, 1.82) is 0 Å². The summed E-state index contributed by atoms with van der Waals surface area (Å²) in [7, 11) is 2.00. The molecule has 1 fully saturated rings. The number of amides is 1. The predicted octanol–water partition coefficient (Wildman–Crippen LogP) is 3.44. The van der Waals surface area contributed by atoms with Crippen LogP contribution in [0.15, 0.2) is 22.7 Å². The van der Waals surface area contributed by atoms with Gasteiger partial charge < -0.3 is 10.6 Å². The van der Waals surface area contributed by atoms with Crippen LogP contribution in [0.1, 0.15) is 24.8 Å². The number of hydrogen-bond acceptors (Lipinski definition) is 3. The molecule has 130 valence electrons. The minimum atomic E-state index is 0. The molecule has 23 heavy (non-hydrogen) atoms. The average Bonchev–Trinajstić information content (AvgIpc) is 2.49. The quantitative estimate of drug-likeness (QED) is 0.763. The van der Waals surface area contributed by atoms with E-state index in [1.54, 1.807) is 0 Å². The van der Waals surface area contributed by atoms with Gasteiger partial charge in [-0.2, -0.15) is 0 Å². The molecule has 1 aromatic rings. The molecule has 0 radical (unpaired) electrons. The predicted molar refractivity (Wildman–Crippen MR) is 102 cm³/mol. The van der Waals surface area contributed by atoms with Gasteiger partial charge >= 0.3 is 0 Å². The van der Waals surface area contributed by atoms with Gasteiger partial charge in [0.25, 0.3) is 0 Å². The van der Waals surface area contributed by atoms with Crippen LogP contribution < -0.4 is 10.6 Å². The summed E-state index contributed by atoms with van der Waals surface area (Å²) in [5, 5.41) is 6.23. The Hall–Kier alpha value is -0.620. The number of hydrogen-bond donors (Lipinski definition) is 2. The number of aryl methyl sites for hydroxylation is 1. The van der Waals surface area contributed by atoms with Gasteiger partial charge in [0, 0.05) is 10.2 Å². The highest BCUT2D eigenvalue weighted by atomic mass is 79.9. The zero-order valence-corrected chi connectivity index (χ0v) is 16.3. The van der Waals surface area contributed by atoms with E-state index >= 15 is 0 Å². The van der Waals surface area contributed by atoms with E-state index in [2.05, 4.69) is 31.5 Å². The topological polar surface area (TPSA) is 44.4 Å². The Labute approximate surface area is 153 Å². The minimum absolute atomic E-state index is 0. The highest BCUT2D eigenvalue weighted by molar-refractivity contribution is 9.10. The molecule has 1 aromatic carbocycles. The Morgan fingerprint density at radius 2 is 2.04 bits per heavy atom. The normalized spacial score (nSPS) is 16.0.